The minimum Gasteiger partial charge on any atom is -0.341 e. The SMILES string of the molecule is Cc1ccccc1-c1ccccc1S(=O)(=O)N1CCC[C@H]1C(=O)N(C)C1CCC(F)(F)CC1. The second kappa shape index (κ2) is 9.14. The van der Waals surface area contributed by atoms with Crippen LogP contribution in [0.2, 0.25) is 0 Å². The van der Waals surface area contributed by atoms with Gasteiger partial charge in [0.2, 0.25) is 21.9 Å². The molecule has 1 saturated carbocycles. The maximum absolute atomic E-state index is 13.8. The lowest BCUT2D eigenvalue weighted by Gasteiger charge is -2.37. The lowest BCUT2D eigenvalue weighted by atomic mass is 9.91. The summed E-state index contributed by atoms with van der Waals surface area (Å²) in [5.41, 5.74) is 2.40. The second-order valence-electron chi connectivity index (χ2n) is 9.12. The number of sulfonamides is 1. The topological polar surface area (TPSA) is 57.7 Å². The van der Waals surface area contributed by atoms with Crippen LogP contribution < -0.4 is 0 Å². The molecule has 1 atom stereocenters. The minimum atomic E-state index is -3.95. The van der Waals surface area contributed by atoms with Crippen LogP contribution in [0.15, 0.2) is 53.4 Å². The number of likely N-dealkylation sites (N-methyl/N-ethyl adjacent to an activating group) is 1. The number of carbonyl (C=O) groups excluding carboxylic acids is 1. The summed E-state index contributed by atoms with van der Waals surface area (Å²) in [7, 11) is -2.33. The maximum Gasteiger partial charge on any atom is 0.248 e. The van der Waals surface area contributed by atoms with Gasteiger partial charge in [-0.2, -0.15) is 4.31 Å². The van der Waals surface area contributed by atoms with E-state index in [2.05, 4.69) is 0 Å². The third kappa shape index (κ3) is 4.68. The predicted molar refractivity (Wildman–Crippen MR) is 124 cm³/mol. The van der Waals surface area contributed by atoms with E-state index in [9.17, 15) is 22.0 Å². The van der Waals surface area contributed by atoms with Crippen molar-refractivity contribution < 1.29 is 22.0 Å². The van der Waals surface area contributed by atoms with Gasteiger partial charge >= 0.3 is 0 Å². The van der Waals surface area contributed by atoms with E-state index >= 15 is 0 Å². The number of nitrogens with zero attached hydrogens (tertiary/aromatic N) is 2. The Balaban J connectivity index is 1.61. The Morgan fingerprint density at radius 2 is 1.61 bits per heavy atom. The van der Waals surface area contributed by atoms with Crippen molar-refractivity contribution in [3.63, 3.8) is 0 Å². The van der Waals surface area contributed by atoms with Crippen LogP contribution >= 0.6 is 0 Å². The molecule has 5 nitrogen and oxygen atoms in total. The second-order valence-corrected chi connectivity index (χ2v) is 11.0. The van der Waals surface area contributed by atoms with Crippen LogP contribution in [0.5, 0.6) is 0 Å². The molecule has 0 aromatic heterocycles. The molecule has 1 amide bonds. The van der Waals surface area contributed by atoms with Gasteiger partial charge in [-0.1, -0.05) is 42.5 Å². The summed E-state index contributed by atoms with van der Waals surface area (Å²) in [5, 5.41) is 0. The Morgan fingerprint density at radius 1 is 1.00 bits per heavy atom. The highest BCUT2D eigenvalue weighted by Gasteiger charge is 2.44. The summed E-state index contributed by atoms with van der Waals surface area (Å²) in [6, 6.07) is 13.4. The first-order valence-corrected chi connectivity index (χ1v) is 12.9. The molecule has 0 N–H and O–H groups in total. The number of aryl methyl sites for hydroxylation is 1. The van der Waals surface area contributed by atoms with Crippen LogP contribution in [0.3, 0.4) is 0 Å². The molecule has 33 heavy (non-hydrogen) atoms. The Labute approximate surface area is 194 Å². The van der Waals surface area contributed by atoms with Crippen molar-refractivity contribution in [3.8, 4) is 11.1 Å². The third-order valence-corrected chi connectivity index (χ3v) is 8.95. The van der Waals surface area contributed by atoms with Gasteiger partial charge in [0.25, 0.3) is 0 Å². The van der Waals surface area contributed by atoms with Crippen molar-refractivity contribution in [2.24, 2.45) is 0 Å². The summed E-state index contributed by atoms with van der Waals surface area (Å²) in [6.45, 7) is 2.20. The van der Waals surface area contributed by atoms with E-state index in [1.165, 1.54) is 9.21 Å². The van der Waals surface area contributed by atoms with Gasteiger partial charge in [-0.15, -0.1) is 0 Å². The molecule has 1 aliphatic carbocycles. The molecule has 1 aliphatic heterocycles. The molecule has 178 valence electrons. The first-order chi connectivity index (χ1) is 15.6. The molecule has 0 radical (unpaired) electrons. The van der Waals surface area contributed by atoms with Crippen molar-refractivity contribution in [2.45, 2.75) is 68.4 Å². The van der Waals surface area contributed by atoms with Gasteiger partial charge in [0.05, 0.1) is 4.90 Å². The number of hydrogen-bond acceptors (Lipinski definition) is 3. The standard InChI is InChI=1S/C25H30F2N2O3S/c1-18-8-3-4-9-20(18)21-10-5-6-12-23(21)33(31,32)29-17-7-11-22(29)24(30)28(2)19-13-15-25(26,27)16-14-19/h3-6,8-10,12,19,22H,7,11,13-17H2,1-2H3/t22-/m0/s1. The Kier molecular flexibility index (Phi) is 6.60. The van der Waals surface area contributed by atoms with Crippen LogP contribution in [0, 0.1) is 6.92 Å². The molecule has 0 bridgehead atoms. The molecule has 8 heteroatoms. The van der Waals surface area contributed by atoms with Gasteiger partial charge in [0, 0.05) is 38.0 Å². The van der Waals surface area contributed by atoms with Gasteiger partial charge in [0.15, 0.2) is 0 Å². The fraction of sp³-hybridized carbons (Fsp3) is 0.480. The van der Waals surface area contributed by atoms with E-state index in [-0.39, 0.29) is 49.1 Å². The van der Waals surface area contributed by atoms with Gasteiger partial charge in [0.1, 0.15) is 6.04 Å². The summed E-state index contributed by atoms with van der Waals surface area (Å²) in [6.07, 6.45) is 0.976. The molecule has 2 aromatic rings. The van der Waals surface area contributed by atoms with Gasteiger partial charge < -0.3 is 4.90 Å². The van der Waals surface area contributed by atoms with E-state index in [0.29, 0.717) is 18.4 Å². The average Bonchev–Trinajstić information content (AvgIpc) is 3.29. The normalized spacial score (nSPS) is 21.8. The van der Waals surface area contributed by atoms with Crippen LogP contribution in [0.1, 0.15) is 44.1 Å². The number of carbonyl (C=O) groups is 1. The quantitative estimate of drug-likeness (QED) is 0.620. The average molecular weight is 477 g/mol. The van der Waals surface area contributed by atoms with E-state index in [4.69, 9.17) is 0 Å². The minimum absolute atomic E-state index is 0.180. The summed E-state index contributed by atoms with van der Waals surface area (Å²) < 4.78 is 56.0. The monoisotopic (exact) mass is 476 g/mol. The van der Waals surface area contributed by atoms with E-state index in [1.54, 1.807) is 31.3 Å². The lowest BCUT2D eigenvalue weighted by Crippen LogP contribution is -2.50. The fourth-order valence-electron chi connectivity index (χ4n) is 5.02. The molecular weight excluding hydrogens is 446 g/mol. The number of benzene rings is 2. The lowest BCUT2D eigenvalue weighted by molar-refractivity contribution is -0.138. The Morgan fingerprint density at radius 3 is 2.27 bits per heavy atom. The molecule has 1 saturated heterocycles. The molecule has 2 aromatic carbocycles. The number of hydrogen-bond donors (Lipinski definition) is 0. The van der Waals surface area contributed by atoms with Gasteiger partial charge in [-0.25, -0.2) is 17.2 Å². The van der Waals surface area contributed by atoms with E-state index < -0.39 is 22.0 Å². The molecule has 0 unspecified atom stereocenters. The molecular formula is C25H30F2N2O3S. The zero-order chi connectivity index (χ0) is 23.8. The molecule has 4 rings (SSSR count). The van der Waals surface area contributed by atoms with Gasteiger partial charge in [-0.05, 0) is 49.8 Å². The van der Waals surface area contributed by atoms with Crippen molar-refractivity contribution in [2.75, 3.05) is 13.6 Å². The van der Waals surface area contributed by atoms with E-state index in [1.807, 2.05) is 31.2 Å². The summed E-state index contributed by atoms with van der Waals surface area (Å²) in [4.78, 5) is 15.0. The van der Waals surface area contributed by atoms with Crippen LogP contribution in [0.4, 0.5) is 8.78 Å². The van der Waals surface area contributed by atoms with Crippen molar-refractivity contribution in [1.82, 2.24) is 9.21 Å². The Hall–Kier alpha value is -2.32. The van der Waals surface area contributed by atoms with Crippen LogP contribution in [-0.2, 0) is 14.8 Å². The van der Waals surface area contributed by atoms with Crippen molar-refractivity contribution >= 4 is 15.9 Å². The molecule has 1 heterocycles. The zero-order valence-corrected chi connectivity index (χ0v) is 19.8. The van der Waals surface area contributed by atoms with Crippen LogP contribution in [0.25, 0.3) is 11.1 Å². The number of alkyl halides is 2. The number of halogens is 2. The van der Waals surface area contributed by atoms with Crippen molar-refractivity contribution in [3.05, 3.63) is 54.1 Å². The molecule has 0 spiro atoms. The first kappa shape index (κ1) is 23.8. The number of amides is 1. The third-order valence-electron chi connectivity index (χ3n) is 6.98. The van der Waals surface area contributed by atoms with Crippen molar-refractivity contribution in [1.29, 1.82) is 0 Å². The first-order valence-electron chi connectivity index (χ1n) is 11.4. The molecule has 2 fully saturated rings. The van der Waals surface area contributed by atoms with Crippen LogP contribution in [-0.4, -0.2) is 55.1 Å². The molecule has 2 aliphatic rings. The highest BCUT2D eigenvalue weighted by Crippen LogP contribution is 2.37. The van der Waals surface area contributed by atoms with E-state index in [0.717, 1.165) is 11.1 Å². The summed E-state index contributed by atoms with van der Waals surface area (Å²) >= 11 is 0. The largest absolute Gasteiger partial charge is 0.341 e. The maximum atomic E-state index is 13.8. The van der Waals surface area contributed by atoms with Gasteiger partial charge in [-0.3, -0.25) is 4.79 Å². The zero-order valence-electron chi connectivity index (χ0n) is 19.0. The Bertz CT molecular complexity index is 1130. The summed E-state index contributed by atoms with van der Waals surface area (Å²) in [5.74, 6) is -2.98. The smallest absolute Gasteiger partial charge is 0.248 e. The predicted octanol–water partition coefficient (Wildman–Crippen LogP) is 4.85. The fourth-order valence-corrected chi connectivity index (χ4v) is 6.88. The highest BCUT2D eigenvalue weighted by atomic mass is 32.2. The highest BCUT2D eigenvalue weighted by molar-refractivity contribution is 7.89. The number of rotatable bonds is 5.